The number of carbonyl (C=O) groups is 15. The van der Waals surface area contributed by atoms with Crippen LogP contribution in [0.15, 0.2) is 0 Å². The predicted octanol–water partition coefficient (Wildman–Crippen LogP) is 14.7. The molecule has 0 bridgehead atoms. The predicted molar refractivity (Wildman–Crippen MR) is 498 cm³/mol. The van der Waals surface area contributed by atoms with E-state index in [0.717, 1.165) is 177 Å². The van der Waals surface area contributed by atoms with Crippen LogP contribution in [0.5, 0.6) is 0 Å². The van der Waals surface area contributed by atoms with E-state index in [2.05, 4.69) is 14.2 Å². The first kappa shape index (κ1) is 140. The fraction of sp³-hybridized carbons (Fsp3) is 0.821. The molecule has 0 saturated carbocycles. The summed E-state index contributed by atoms with van der Waals surface area (Å²) in [6.45, 7) is 21.5. The van der Waals surface area contributed by atoms with Crippen LogP contribution in [0.4, 0.5) is 0 Å². The Morgan fingerprint density at radius 1 is 0.209 bits per heavy atom. The molecular weight excluding hydrogens is 1850 g/mol. The van der Waals surface area contributed by atoms with Gasteiger partial charge in [0.05, 0.1) is 51.8 Å². The van der Waals surface area contributed by atoms with Crippen LogP contribution >= 0.6 is 39.6 Å². The minimum Gasteiger partial charge on any atom is -0.481 e. The number of rotatable bonds is 68. The largest absolute Gasteiger partial charge is 0.481 e. The van der Waals surface area contributed by atoms with E-state index in [0.29, 0.717) is 82.7 Å². The van der Waals surface area contributed by atoms with Crippen molar-refractivity contribution in [2.75, 3.05) is 114 Å². The zero-order chi connectivity index (χ0) is 99.8. The normalized spacial score (nSPS) is 11.4. The Kier molecular flexibility index (Phi) is 108. The maximum Gasteiger partial charge on any atom is 0.425 e. The van der Waals surface area contributed by atoms with E-state index in [1.165, 1.54) is 21.3 Å². The van der Waals surface area contributed by atoms with Gasteiger partial charge in [0.1, 0.15) is 11.6 Å². The summed E-state index contributed by atoms with van der Waals surface area (Å²) in [4.78, 5) is 166. The zero-order valence-corrected chi connectivity index (χ0v) is 85.0. The van der Waals surface area contributed by atoms with Gasteiger partial charge in [-0.05, 0) is 291 Å². The monoisotopic (exact) mass is 2010 g/mol. The summed E-state index contributed by atoms with van der Waals surface area (Å²) in [5.74, 6) is -5.01. The number of aliphatic carboxylic acids is 5. The molecule has 5 N–H and O–H groups in total. The van der Waals surface area contributed by atoms with E-state index in [-0.39, 0.29) is 174 Å². The van der Waals surface area contributed by atoms with Crippen LogP contribution in [0.2, 0.25) is 0 Å². The molecule has 0 saturated heterocycles. The van der Waals surface area contributed by atoms with Gasteiger partial charge in [0.25, 0.3) is 0 Å². The first-order valence-corrected chi connectivity index (χ1v) is 55.5. The Balaban J connectivity index is -0.000000193. The molecule has 0 aromatic heterocycles. The number of hydrogen-bond acceptors (Lipinski definition) is 32. The summed E-state index contributed by atoms with van der Waals surface area (Å²) in [6.07, 6.45) is 34.0. The highest BCUT2D eigenvalue weighted by atomic mass is 32.2. The van der Waals surface area contributed by atoms with E-state index in [1.807, 2.05) is 55.4 Å². The third-order valence-electron chi connectivity index (χ3n) is 16.5. The second-order valence-electron chi connectivity index (χ2n) is 30.2. The topological polar surface area (TPSA) is 585 Å². The van der Waals surface area contributed by atoms with Crippen molar-refractivity contribution in [3.8, 4) is 0 Å². The molecule has 5 atom stereocenters. The molecule has 0 fully saturated rings. The van der Waals surface area contributed by atoms with Gasteiger partial charge in [-0.1, -0.05) is 7.43 Å². The van der Waals surface area contributed by atoms with E-state index in [1.54, 1.807) is 27.7 Å². The van der Waals surface area contributed by atoms with Crippen LogP contribution in [0.3, 0.4) is 0 Å². The highest BCUT2D eigenvalue weighted by molar-refractivity contribution is 7.60. The number of ketones is 2. The number of ether oxygens (including phenoxy) is 8. The van der Waals surface area contributed by atoms with Crippen molar-refractivity contribution in [1.82, 2.24) is 0 Å². The fourth-order valence-electron chi connectivity index (χ4n) is 10.9. The highest BCUT2D eigenvalue weighted by Crippen LogP contribution is 2.43. The average Bonchev–Trinajstić information content (AvgIpc) is 0.933. The molecule has 45 heteroatoms. The van der Waals surface area contributed by atoms with Gasteiger partial charge in [0, 0.05) is 96.3 Å². The summed E-state index contributed by atoms with van der Waals surface area (Å²) in [7, 11) is -6.86. The maximum atomic E-state index is 11.6. The number of carboxylic acids is 5. The van der Waals surface area contributed by atoms with Gasteiger partial charge >= 0.3 is 109 Å². The summed E-state index contributed by atoms with van der Waals surface area (Å²) in [5.41, 5.74) is 0. The molecule has 0 aromatic rings. The van der Waals surface area contributed by atoms with E-state index < -0.39 is 69.6 Å². The maximum absolute atomic E-state index is 11.6. The van der Waals surface area contributed by atoms with Gasteiger partial charge in [0.2, 0.25) is 0 Å². The van der Waals surface area contributed by atoms with Gasteiger partial charge in [-0.2, -0.15) is 0 Å². The van der Waals surface area contributed by atoms with Crippen LogP contribution in [-0.2, 0) is 142 Å². The summed E-state index contributed by atoms with van der Waals surface area (Å²) >= 11 is 0. The minimum atomic E-state index is -3.11. The molecule has 0 aliphatic rings. The number of unbranched alkanes of at least 4 members (excludes halogenated alkanes) is 6. The Bertz CT molecular complexity index is 3270. The molecule has 0 radical (unpaired) electrons. The van der Waals surface area contributed by atoms with Crippen molar-refractivity contribution in [2.24, 2.45) is 0 Å². The number of hydrogen-bond donors (Lipinski definition) is 5. The zero-order valence-electron chi connectivity index (χ0n) is 78.1. The Hall–Kier alpha value is -6.54. The first-order valence-electron chi connectivity index (χ1n) is 43.0. The van der Waals surface area contributed by atoms with Gasteiger partial charge in [-0.3, -0.25) is 62.3 Å². The molecule has 756 valence electrons. The third-order valence-corrected chi connectivity index (χ3v) is 30.5. The van der Waals surface area contributed by atoms with Gasteiger partial charge < -0.3 is 73.0 Å². The summed E-state index contributed by atoms with van der Waals surface area (Å²) < 4.78 is 115. The van der Waals surface area contributed by atoms with Crippen LogP contribution in [0, 0.1) is 0 Å². The standard InChI is InChI=1S/C19H35O6P.C19H35O5P.C16H29O6P.C16H29O5P.C13H23O6P.CH4.3O3S/c1-16(2)25-19(23)12-6-9-15-26(13-7-4-10-17(20)21)14-8-5-11-18(22)24-3;1-16(2)24-19(23)12-6-9-15-25(13-7-4-10-17(3)20)14-8-5-11-18(21)22;1-13(2)22-16(20)9-6-12-23(10-4-7-14(17)18)11-5-8-15(19)21-3;1-13(2)21-16(20)9-6-12-22(10-4-7-14(3)17)11-5-8-15(18)19;1-10(2)19-13(17)6-9-20(7-4-11(14)15)8-5-12(16)18-3;;3*1-4(2)3/h16H,4-15H2,1-3H3,(H,20,21);16H,4-15H2,1-3H3,(H,21,22);13H,4-12H2,1-3H3,(H,17,18);13H,4-12H2,1-3H3,(H,18,19);10H,4-9H2,1-3H3,(H,14,15);1H4;;;. The minimum absolute atomic E-state index is 0. The first-order chi connectivity index (χ1) is 59.8. The van der Waals surface area contributed by atoms with Crippen LogP contribution in [0.1, 0.15) is 302 Å². The van der Waals surface area contributed by atoms with Crippen molar-refractivity contribution >= 4 is 161 Å². The van der Waals surface area contributed by atoms with Gasteiger partial charge in [-0.25, -0.2) is 0 Å². The number of carbonyl (C=O) groups excluding carboxylic acids is 10. The Morgan fingerprint density at radius 2 is 0.349 bits per heavy atom. The number of esters is 8. The molecule has 0 aliphatic carbocycles. The van der Waals surface area contributed by atoms with E-state index >= 15 is 0 Å². The highest BCUT2D eigenvalue weighted by Gasteiger charge is 2.20. The number of Topliss-reactive ketones (excluding diaryl/α,β-unsaturated/α-hetero) is 2. The lowest BCUT2D eigenvalue weighted by Gasteiger charge is -2.17. The van der Waals surface area contributed by atoms with Crippen LogP contribution in [-0.4, -0.2) is 297 Å². The molecule has 0 amide bonds. The fourth-order valence-corrected chi connectivity index (χ4v) is 23.4. The van der Waals surface area contributed by atoms with E-state index in [9.17, 15) is 71.9 Å². The van der Waals surface area contributed by atoms with Crippen molar-refractivity contribution < 1.29 is 173 Å². The second kappa shape index (κ2) is 99.0. The SMILES string of the molecule is C.CC(=O)CCCCP(CCCCC(=O)O)CCCCC(=O)OC(C)C.CC(=O)CCCP(CCCC(=O)O)CCCC(=O)OC(C)C.COC(=O)CCCCP(CCCCC(=O)O)CCCCC(=O)OC(C)C.COC(=O)CCCP(CCCC(=O)O)CCCC(=O)OC(C)C.COC(=O)CCP(CCC(=O)O)CCC(=O)OC(C)C.O=S(=O)=O.O=S(=O)=O.O=S(=O)=O. The molecule has 5 unspecified atom stereocenters. The van der Waals surface area contributed by atoms with Crippen molar-refractivity contribution in [2.45, 2.75) is 333 Å². The smallest absolute Gasteiger partial charge is 0.425 e. The number of methoxy groups -OCH3 is 3. The lowest BCUT2D eigenvalue weighted by molar-refractivity contribution is -0.148. The molecule has 129 heavy (non-hydrogen) atoms. The van der Waals surface area contributed by atoms with Crippen LogP contribution < -0.4 is 0 Å². The number of carboxylic acid groups (broad SMARTS) is 5. The van der Waals surface area contributed by atoms with E-state index in [4.69, 9.17) is 87.1 Å². The second-order valence-corrected chi connectivity index (χ2v) is 44.9. The molecule has 0 aromatic carbocycles. The average molecular weight is 2010 g/mol. The summed E-state index contributed by atoms with van der Waals surface area (Å²) in [6, 6.07) is 0. The van der Waals surface area contributed by atoms with Crippen molar-refractivity contribution in [3.05, 3.63) is 0 Å². The molecule has 0 rings (SSSR count). The lowest BCUT2D eigenvalue weighted by Crippen LogP contribution is -2.13. The molecular formula is C84H155O37P5S3. The molecule has 0 aliphatic heterocycles. The van der Waals surface area contributed by atoms with Crippen LogP contribution in [0.25, 0.3) is 0 Å². The molecule has 0 spiro atoms. The van der Waals surface area contributed by atoms with Gasteiger partial charge in [-0.15, -0.1) is 77.5 Å². The molecule has 37 nitrogen and oxygen atoms in total. The van der Waals surface area contributed by atoms with Crippen molar-refractivity contribution in [3.63, 3.8) is 0 Å². The summed E-state index contributed by atoms with van der Waals surface area (Å²) in [5, 5.41) is 43.6. The quantitative estimate of drug-likeness (QED) is 0.0163. The van der Waals surface area contributed by atoms with Crippen molar-refractivity contribution in [1.29, 1.82) is 0 Å². The lowest BCUT2D eigenvalue weighted by atomic mass is 10.2. The Labute approximate surface area is 776 Å². The van der Waals surface area contributed by atoms with Gasteiger partial charge in [0.15, 0.2) is 0 Å². The Morgan fingerprint density at radius 3 is 0.574 bits per heavy atom. The third kappa shape index (κ3) is 137. The molecule has 0 heterocycles.